The summed E-state index contributed by atoms with van der Waals surface area (Å²) in [5.74, 6) is -3.75. The predicted molar refractivity (Wildman–Crippen MR) is 175 cm³/mol. The van der Waals surface area contributed by atoms with Gasteiger partial charge in [-0.2, -0.15) is 0 Å². The van der Waals surface area contributed by atoms with Gasteiger partial charge in [-0.1, -0.05) is 56.0 Å². The van der Waals surface area contributed by atoms with Crippen molar-refractivity contribution in [1.82, 2.24) is 0 Å². The molecule has 9 nitrogen and oxygen atoms in total. The van der Waals surface area contributed by atoms with Crippen molar-refractivity contribution in [2.75, 3.05) is 13.7 Å². The summed E-state index contributed by atoms with van der Waals surface area (Å²) in [6, 6.07) is 12.7. The molecular formula is C36H37IO9. The molecule has 3 aliphatic carbocycles. The Morgan fingerprint density at radius 3 is 2.61 bits per heavy atom. The van der Waals surface area contributed by atoms with Crippen LogP contribution < -0.4 is 4.74 Å². The number of hydrogen-bond acceptors (Lipinski definition) is 9. The Balaban J connectivity index is 1.32. The molecule has 0 aromatic heterocycles. The Morgan fingerprint density at radius 1 is 1.17 bits per heavy atom. The molecule has 10 heteroatoms. The summed E-state index contributed by atoms with van der Waals surface area (Å²) in [6.07, 6.45) is 4.11. The lowest BCUT2D eigenvalue weighted by Crippen LogP contribution is -2.70. The van der Waals surface area contributed by atoms with E-state index >= 15 is 0 Å². The van der Waals surface area contributed by atoms with Crippen LogP contribution in [0.4, 0.5) is 0 Å². The number of fused-ring (bicyclic) bond motifs is 2. The molecule has 2 aliphatic heterocycles. The molecule has 2 heterocycles. The van der Waals surface area contributed by atoms with Crippen molar-refractivity contribution in [3.63, 3.8) is 0 Å². The van der Waals surface area contributed by atoms with Crippen molar-refractivity contribution >= 4 is 34.3 Å². The summed E-state index contributed by atoms with van der Waals surface area (Å²) < 4.78 is 32.4. The zero-order chi connectivity index (χ0) is 32.8. The van der Waals surface area contributed by atoms with Gasteiger partial charge in [0.1, 0.15) is 23.9 Å². The van der Waals surface area contributed by atoms with Gasteiger partial charge in [-0.3, -0.25) is 4.79 Å². The van der Waals surface area contributed by atoms with Crippen molar-refractivity contribution in [3.05, 3.63) is 92.6 Å². The highest BCUT2D eigenvalue weighted by Crippen LogP contribution is 2.68. The third-order valence-corrected chi connectivity index (χ3v) is 11.5. The van der Waals surface area contributed by atoms with Crippen LogP contribution in [0.2, 0.25) is 0 Å². The van der Waals surface area contributed by atoms with E-state index in [4.69, 9.17) is 23.7 Å². The molecule has 2 aromatic carbocycles. The Bertz CT molecular complexity index is 1720. The Morgan fingerprint density at radius 2 is 1.91 bits per heavy atom. The number of phenolic OH excluding ortho intramolecular Hbond substituents is 1. The number of aliphatic hydroxyl groups is 1. The molecule has 0 spiro atoms. The number of ketones is 1. The molecule has 2 aromatic rings. The van der Waals surface area contributed by atoms with Crippen LogP contribution in [0.5, 0.6) is 11.5 Å². The first kappa shape index (κ1) is 31.6. The van der Waals surface area contributed by atoms with E-state index < -0.39 is 46.7 Å². The molecule has 5 aliphatic rings. The van der Waals surface area contributed by atoms with E-state index in [1.165, 1.54) is 19.2 Å². The fourth-order valence-corrected chi connectivity index (χ4v) is 9.26. The highest BCUT2D eigenvalue weighted by atomic mass is 127. The van der Waals surface area contributed by atoms with Crippen LogP contribution in [0.1, 0.15) is 49.5 Å². The second-order valence-corrected chi connectivity index (χ2v) is 14.6. The lowest BCUT2D eigenvalue weighted by Gasteiger charge is -2.59. The molecular weight excluding hydrogens is 703 g/mol. The molecule has 46 heavy (non-hydrogen) atoms. The number of carbonyl (C=O) groups excluding carboxylic acids is 2. The number of carbonyl (C=O) groups is 2. The third-order valence-electron chi connectivity index (χ3n) is 10.6. The minimum absolute atomic E-state index is 0.0404. The molecule has 8 atom stereocenters. The third kappa shape index (κ3) is 4.40. The fraction of sp³-hybridized carbons (Fsp3) is 0.444. The van der Waals surface area contributed by atoms with Crippen LogP contribution in [0.3, 0.4) is 0 Å². The SMILES string of the molecule is C=C(C)[C@]12C[C@@H](C)[C@@]34O[C@@](Cc5ccccc5)(O[C@@H]1[C@@H]3C=C(COC(=O)c1cc(OC)c(O)cc1I)C[C@]1(O)C(=O)C(C)=C[C@@H]41)O2. The number of benzene rings is 2. The maximum absolute atomic E-state index is 13.8. The number of aromatic hydroxyl groups is 1. The fourth-order valence-electron chi connectivity index (χ4n) is 8.59. The van der Waals surface area contributed by atoms with Gasteiger partial charge in [-0.25, -0.2) is 4.79 Å². The maximum atomic E-state index is 13.8. The quantitative estimate of drug-likeness (QED) is 0.218. The van der Waals surface area contributed by atoms with E-state index in [1.54, 1.807) is 6.92 Å². The second-order valence-electron chi connectivity index (χ2n) is 13.4. The van der Waals surface area contributed by atoms with Crippen LogP contribution in [0, 0.1) is 21.3 Å². The first-order chi connectivity index (χ1) is 21.8. The van der Waals surface area contributed by atoms with Gasteiger partial charge >= 0.3 is 5.97 Å². The van der Waals surface area contributed by atoms with Gasteiger partial charge in [0.05, 0.1) is 24.7 Å². The molecule has 3 bridgehead atoms. The molecule has 1 saturated carbocycles. The molecule has 2 saturated heterocycles. The van der Waals surface area contributed by atoms with Crippen molar-refractivity contribution in [2.24, 2.45) is 17.8 Å². The van der Waals surface area contributed by atoms with Crippen molar-refractivity contribution in [3.8, 4) is 11.5 Å². The van der Waals surface area contributed by atoms with Gasteiger partial charge in [0.2, 0.25) is 0 Å². The van der Waals surface area contributed by atoms with E-state index in [0.29, 0.717) is 27.6 Å². The number of phenols is 1. The zero-order valence-corrected chi connectivity index (χ0v) is 28.3. The van der Waals surface area contributed by atoms with E-state index in [-0.39, 0.29) is 41.8 Å². The summed E-state index contributed by atoms with van der Waals surface area (Å²) in [6.45, 7) is 9.91. The summed E-state index contributed by atoms with van der Waals surface area (Å²) in [7, 11) is 1.40. The number of esters is 1. The molecule has 242 valence electrons. The normalized spacial score (nSPS) is 37.1. The van der Waals surface area contributed by atoms with Crippen molar-refractivity contribution < 1.29 is 43.5 Å². The van der Waals surface area contributed by atoms with Crippen LogP contribution in [-0.4, -0.2) is 64.6 Å². The van der Waals surface area contributed by atoms with E-state index in [2.05, 4.69) is 13.5 Å². The van der Waals surface area contributed by atoms with Crippen molar-refractivity contribution in [1.29, 1.82) is 0 Å². The first-order valence-corrected chi connectivity index (χ1v) is 16.5. The molecule has 0 amide bonds. The van der Waals surface area contributed by atoms with Crippen LogP contribution >= 0.6 is 22.6 Å². The van der Waals surface area contributed by atoms with Crippen molar-refractivity contribution in [2.45, 2.75) is 68.9 Å². The van der Waals surface area contributed by atoms with Gasteiger partial charge in [-0.15, -0.1) is 0 Å². The lowest BCUT2D eigenvalue weighted by atomic mass is 9.55. The van der Waals surface area contributed by atoms with Crippen LogP contribution in [0.15, 0.2) is 77.9 Å². The minimum atomic E-state index is -1.82. The molecule has 7 rings (SSSR count). The monoisotopic (exact) mass is 740 g/mol. The summed E-state index contributed by atoms with van der Waals surface area (Å²) in [5.41, 5.74) is -0.734. The summed E-state index contributed by atoms with van der Waals surface area (Å²) in [5, 5.41) is 22.6. The highest BCUT2D eigenvalue weighted by molar-refractivity contribution is 14.1. The average molecular weight is 741 g/mol. The Labute approximate surface area is 281 Å². The maximum Gasteiger partial charge on any atom is 0.339 e. The number of Topliss-reactive ketones (excluding diaryl/α,β-unsaturated/α-hetero) is 1. The van der Waals surface area contributed by atoms with E-state index in [1.807, 2.05) is 72.0 Å². The van der Waals surface area contributed by atoms with Gasteiger partial charge in [0, 0.05) is 21.8 Å². The lowest BCUT2D eigenvalue weighted by molar-refractivity contribution is -0.421. The zero-order valence-electron chi connectivity index (χ0n) is 26.2. The molecule has 0 unspecified atom stereocenters. The van der Waals surface area contributed by atoms with E-state index in [0.717, 1.165) is 11.1 Å². The number of ether oxygens (including phenoxy) is 5. The average Bonchev–Trinajstić information content (AvgIpc) is 3.31. The topological polar surface area (TPSA) is 121 Å². The number of methoxy groups -OCH3 is 1. The Hall–Kier alpha value is -3.03. The van der Waals surface area contributed by atoms with Crippen LogP contribution in [-0.2, 0) is 30.2 Å². The standard InChI is InChI=1S/C36H37IO9/c1-19(2)34-15-21(4)36-25(31(34)44-35(45-34,46-36)17-22-9-7-6-8-10-22)12-23(16-33(41)29(36)11-20(3)30(33)39)18-43-32(40)24-13-28(42-5)27(38)14-26(24)37/h6-14,21,25,29,31,38,41H,1,15-18H2,2-5H3/t21-,25+,29-,31-,33-,34-,35+,36-/m1/s1. The van der Waals surface area contributed by atoms with Crippen LogP contribution in [0.25, 0.3) is 0 Å². The number of rotatable bonds is 7. The van der Waals surface area contributed by atoms with Gasteiger partial charge in [-0.05, 0) is 83.2 Å². The number of hydrogen-bond donors (Lipinski definition) is 2. The van der Waals surface area contributed by atoms with Gasteiger partial charge in [0.25, 0.3) is 5.97 Å². The smallest absolute Gasteiger partial charge is 0.339 e. The van der Waals surface area contributed by atoms with Gasteiger partial charge in [0.15, 0.2) is 17.3 Å². The molecule has 3 fully saturated rings. The summed E-state index contributed by atoms with van der Waals surface area (Å²) in [4.78, 5) is 27.1. The summed E-state index contributed by atoms with van der Waals surface area (Å²) >= 11 is 1.95. The highest BCUT2D eigenvalue weighted by Gasteiger charge is 2.79. The molecule has 0 radical (unpaired) electrons. The Kier molecular flexibility index (Phi) is 7.37. The second kappa shape index (κ2) is 10.7. The first-order valence-electron chi connectivity index (χ1n) is 15.5. The largest absolute Gasteiger partial charge is 0.504 e. The predicted octanol–water partition coefficient (Wildman–Crippen LogP) is 5.42. The minimum Gasteiger partial charge on any atom is -0.504 e. The number of halogens is 1. The molecule has 2 N–H and O–H groups in total. The van der Waals surface area contributed by atoms with Gasteiger partial charge < -0.3 is 33.9 Å². The van der Waals surface area contributed by atoms with E-state index in [9.17, 15) is 19.8 Å².